The minimum absolute atomic E-state index is 0.148. The van der Waals surface area contributed by atoms with E-state index in [0.29, 0.717) is 0 Å². The van der Waals surface area contributed by atoms with E-state index in [0.717, 1.165) is 0 Å². The van der Waals surface area contributed by atoms with Gasteiger partial charge in [0, 0.05) is 0 Å². The molecule has 1 aliphatic heterocycles. The van der Waals surface area contributed by atoms with Crippen LogP contribution in [0.4, 0.5) is 0 Å². The second kappa shape index (κ2) is 14.3. The number of hydrogen-bond acceptors (Lipinski definition) is 4. The van der Waals surface area contributed by atoms with Gasteiger partial charge in [-0.3, -0.25) is 0 Å². The van der Waals surface area contributed by atoms with Crippen LogP contribution >= 0.6 is 0 Å². The van der Waals surface area contributed by atoms with Gasteiger partial charge >= 0.3 is 0 Å². The van der Waals surface area contributed by atoms with E-state index in [1.807, 2.05) is 0 Å². The predicted molar refractivity (Wildman–Crippen MR) is 108 cm³/mol. The Hall–Kier alpha value is -1.73. The summed E-state index contributed by atoms with van der Waals surface area (Å²) < 4.78 is 1.38. The smallest absolute Gasteiger partial charge is 0.245 e. The molecule has 0 fully saturated rings. The van der Waals surface area contributed by atoms with Crippen molar-refractivity contribution in [2.24, 2.45) is 9.98 Å². The Bertz CT molecular complexity index is 663. The average molecular weight is 477 g/mol. The second-order valence-corrected chi connectivity index (χ2v) is 8.03. The molecule has 144 valence electrons. The van der Waals surface area contributed by atoms with Gasteiger partial charge in [0.1, 0.15) is 18.3 Å². The summed E-state index contributed by atoms with van der Waals surface area (Å²) in [5, 5.41) is 16.7. The molecule has 0 saturated heterocycles. The molecule has 27 heavy (non-hydrogen) atoms. The van der Waals surface area contributed by atoms with Gasteiger partial charge in [0.15, 0.2) is 15.0 Å². The Labute approximate surface area is 177 Å². The molecule has 1 aliphatic rings. The maximum Gasteiger partial charge on any atom is 0.296 e. The van der Waals surface area contributed by atoms with Crippen molar-refractivity contribution in [1.82, 2.24) is 0 Å². The lowest BCUT2D eigenvalue weighted by Crippen LogP contribution is -3.34. The van der Waals surface area contributed by atoms with Crippen LogP contribution in [0.2, 0.25) is 0 Å². The molecule has 0 saturated carbocycles. The first-order valence-electron chi connectivity index (χ1n) is 9.82. The maximum absolute atomic E-state index is 8.37. The lowest BCUT2D eigenvalue weighted by atomic mass is 10.0. The summed E-state index contributed by atoms with van der Waals surface area (Å²) in [5.41, 5.74) is 1.80. The fraction of sp³-hybridized carbons (Fsp3) is 0.545. The molecule has 2 rings (SSSR count). The number of benzene rings is 1. The van der Waals surface area contributed by atoms with Crippen LogP contribution < -0.4 is 22.6 Å². The van der Waals surface area contributed by atoms with Gasteiger partial charge in [-0.15, -0.1) is 0 Å². The summed E-state index contributed by atoms with van der Waals surface area (Å²) in [6.45, 7) is 4.00. The highest BCUT2D eigenvalue weighted by atomic mass is 127. The number of nitrogens with zero attached hydrogens (tertiary/aromatic N) is 4. The monoisotopic (exact) mass is 477 g/mol. The molecular weight excluding hydrogens is 447 g/mol. The third kappa shape index (κ3) is 10.2. The molecule has 1 aromatic rings. The van der Waals surface area contributed by atoms with Gasteiger partial charge in [0.25, 0.3) is 22.6 Å². The summed E-state index contributed by atoms with van der Waals surface area (Å²) in [6.07, 6.45) is 12.3. The van der Waals surface area contributed by atoms with E-state index >= 15 is 0 Å². The van der Waals surface area contributed by atoms with Gasteiger partial charge in [-0.1, -0.05) is 64.0 Å². The molecule has 0 aliphatic carbocycles. The van der Waals surface area contributed by atoms with Crippen molar-refractivity contribution in [3.63, 3.8) is 0 Å². The summed E-state index contributed by atoms with van der Waals surface area (Å²) in [4.78, 5) is 7.58. The van der Waals surface area contributed by atoms with Gasteiger partial charge in [0.05, 0.1) is 0 Å². The van der Waals surface area contributed by atoms with E-state index < -0.39 is 0 Å². The third-order valence-corrected chi connectivity index (χ3v) is 5.09. The maximum atomic E-state index is 8.37. The van der Waals surface area contributed by atoms with Crippen LogP contribution in [0.25, 0.3) is 0 Å². The number of aryl methyl sites for hydroxylation is 1. The summed E-state index contributed by atoms with van der Waals surface area (Å²) in [7, 11) is 0. The molecule has 5 heteroatoms. The standard InChI is InChI=1S/C16H26I.C6H4N4/c1-2-3-4-5-6-7-8-9-10-15-11-13-16(17)14-12-15;1-4-9-5(2-7)6(3-8)10-4/h11-14,17H,2-10H2,1H3;4H,1H3/q+1;. The molecule has 1 aromatic carbocycles. The first kappa shape index (κ1) is 23.3. The Kier molecular flexibility index (Phi) is 12.4. The van der Waals surface area contributed by atoms with E-state index in [1.54, 1.807) is 19.1 Å². The van der Waals surface area contributed by atoms with Crippen molar-refractivity contribution in [2.45, 2.75) is 77.8 Å². The number of rotatable bonds is 9. The van der Waals surface area contributed by atoms with Crippen molar-refractivity contribution < 1.29 is 22.6 Å². The number of hydrogen-bond donors (Lipinski definition) is 0. The van der Waals surface area contributed by atoms with Crippen molar-refractivity contribution in [1.29, 1.82) is 10.5 Å². The van der Waals surface area contributed by atoms with Gasteiger partial charge < -0.3 is 0 Å². The van der Waals surface area contributed by atoms with E-state index in [9.17, 15) is 0 Å². The zero-order chi connectivity index (χ0) is 19.9. The van der Waals surface area contributed by atoms with Crippen LogP contribution in [-0.2, 0) is 6.42 Å². The zero-order valence-electron chi connectivity index (χ0n) is 16.4. The Morgan fingerprint density at radius 1 is 0.852 bits per heavy atom. The Balaban J connectivity index is 0.000000309. The fourth-order valence-electron chi connectivity index (χ4n) is 2.81. The van der Waals surface area contributed by atoms with Crippen LogP contribution in [0.15, 0.2) is 34.3 Å². The quantitative estimate of drug-likeness (QED) is 0.404. The van der Waals surface area contributed by atoms with Gasteiger partial charge in [-0.25, -0.2) is 9.98 Å². The topological polar surface area (TPSA) is 72.3 Å². The van der Waals surface area contributed by atoms with Crippen LogP contribution in [0.5, 0.6) is 0 Å². The number of unbranched alkanes of at least 4 members (excludes halogenated alkanes) is 7. The minimum Gasteiger partial charge on any atom is -0.245 e. The molecule has 0 radical (unpaired) electrons. The molecule has 0 amide bonds. The van der Waals surface area contributed by atoms with Crippen molar-refractivity contribution in [3.8, 4) is 12.1 Å². The van der Waals surface area contributed by atoms with Crippen molar-refractivity contribution >= 4 is 11.4 Å². The lowest BCUT2D eigenvalue weighted by molar-refractivity contribution is -0.328. The molecule has 4 nitrogen and oxygen atoms in total. The van der Waals surface area contributed by atoms with Gasteiger partial charge in [-0.05, 0) is 37.5 Å². The highest BCUT2D eigenvalue weighted by Gasteiger charge is 2.16. The summed E-state index contributed by atoms with van der Waals surface area (Å²) in [6, 6.07) is 12.6. The Morgan fingerprint density at radius 3 is 1.81 bits per heavy atom. The third-order valence-electron chi connectivity index (χ3n) is 4.31. The molecule has 0 aromatic heterocycles. The Morgan fingerprint density at radius 2 is 1.33 bits per heavy atom. The van der Waals surface area contributed by atoms with Crippen molar-refractivity contribution in [2.75, 3.05) is 0 Å². The normalized spacial score (nSPS) is 13.1. The van der Waals surface area contributed by atoms with E-state index in [2.05, 4.69) is 63.8 Å². The van der Waals surface area contributed by atoms with Crippen LogP contribution in [0.1, 0.15) is 70.8 Å². The molecule has 1 heterocycles. The molecule has 0 bridgehead atoms. The van der Waals surface area contributed by atoms with Gasteiger partial charge in [-0.2, -0.15) is 10.5 Å². The highest BCUT2D eigenvalue weighted by Crippen LogP contribution is 2.11. The number of nitriles is 2. The largest absolute Gasteiger partial charge is 0.296 e. The van der Waals surface area contributed by atoms with Gasteiger partial charge in [0.2, 0.25) is 0 Å². The first-order chi connectivity index (χ1) is 13.1. The molecule has 0 spiro atoms. The SMILES string of the molecule is CC1N=C(C#N)C(C#N)=N1.CCCCCCCCCCc1ccc([IH+])cc1. The summed E-state index contributed by atoms with van der Waals surface area (Å²) in [5.74, 6) is 0. The summed E-state index contributed by atoms with van der Waals surface area (Å²) >= 11 is 2.08. The van der Waals surface area contributed by atoms with Crippen molar-refractivity contribution in [3.05, 3.63) is 33.4 Å². The lowest BCUT2D eigenvalue weighted by Gasteiger charge is -2.02. The zero-order valence-corrected chi connectivity index (χ0v) is 18.8. The minimum atomic E-state index is -0.260. The highest BCUT2D eigenvalue weighted by molar-refractivity contribution is 6.54. The molecule has 0 atom stereocenters. The number of aliphatic imine (C=N–C) groups is 2. The van der Waals surface area contributed by atoms with Crippen LogP contribution in [0.3, 0.4) is 0 Å². The second-order valence-electron chi connectivity index (χ2n) is 6.68. The van der Waals surface area contributed by atoms with E-state index in [1.165, 1.54) is 66.9 Å². The predicted octanol–water partition coefficient (Wildman–Crippen LogP) is 2.10. The fourth-order valence-corrected chi connectivity index (χ4v) is 3.20. The van der Waals surface area contributed by atoms with E-state index in [4.69, 9.17) is 10.5 Å². The molecule has 0 unspecified atom stereocenters. The van der Waals surface area contributed by atoms with Crippen LogP contribution in [-0.4, -0.2) is 17.6 Å². The molecule has 0 N–H and O–H groups in total. The number of halogens is 1. The molecular formula is C22H30IN4+. The average Bonchev–Trinajstić information content (AvgIpc) is 3.06. The first-order valence-corrected chi connectivity index (χ1v) is 11.0. The van der Waals surface area contributed by atoms with E-state index in [-0.39, 0.29) is 17.6 Å². The van der Waals surface area contributed by atoms with Crippen LogP contribution in [0, 0.1) is 26.2 Å².